The van der Waals surface area contributed by atoms with E-state index in [1.165, 1.54) is 5.57 Å². The van der Waals surface area contributed by atoms with Crippen LogP contribution >= 0.6 is 0 Å². The van der Waals surface area contributed by atoms with Gasteiger partial charge in [-0.2, -0.15) is 0 Å². The highest BCUT2D eigenvalue weighted by atomic mass is 16.1. The van der Waals surface area contributed by atoms with Crippen molar-refractivity contribution in [1.82, 2.24) is 15.6 Å². The fraction of sp³-hybridized carbons (Fsp3) is 0.250. The van der Waals surface area contributed by atoms with Crippen LogP contribution in [0.4, 0.5) is 0 Å². The van der Waals surface area contributed by atoms with Crippen molar-refractivity contribution >= 4 is 16.8 Å². The zero-order chi connectivity index (χ0) is 13.8. The van der Waals surface area contributed by atoms with Crippen molar-refractivity contribution in [2.45, 2.75) is 6.42 Å². The van der Waals surface area contributed by atoms with E-state index in [1.54, 1.807) is 6.20 Å². The van der Waals surface area contributed by atoms with Gasteiger partial charge >= 0.3 is 0 Å². The van der Waals surface area contributed by atoms with Gasteiger partial charge in [-0.3, -0.25) is 9.78 Å². The van der Waals surface area contributed by atoms with Gasteiger partial charge in [0.05, 0.1) is 11.1 Å². The standard InChI is InChI=1S/C16H17N3O/c20-16(19-11-12-6-9-17-10-7-12)14-5-1-3-13-4-2-8-18-15(13)14/h1-6,8,17H,7,9-11H2,(H,19,20). The number of aromatic nitrogens is 1. The van der Waals surface area contributed by atoms with Gasteiger partial charge in [0.15, 0.2) is 0 Å². The highest BCUT2D eigenvalue weighted by Gasteiger charge is 2.11. The van der Waals surface area contributed by atoms with Crippen molar-refractivity contribution in [1.29, 1.82) is 0 Å². The van der Waals surface area contributed by atoms with Gasteiger partial charge in [0.25, 0.3) is 5.91 Å². The number of fused-ring (bicyclic) bond motifs is 1. The van der Waals surface area contributed by atoms with E-state index in [1.807, 2.05) is 30.3 Å². The maximum Gasteiger partial charge on any atom is 0.253 e. The summed E-state index contributed by atoms with van der Waals surface area (Å²) in [6.07, 6.45) is 4.85. The van der Waals surface area contributed by atoms with Crippen LogP contribution in [0.25, 0.3) is 10.9 Å². The molecule has 102 valence electrons. The summed E-state index contributed by atoms with van der Waals surface area (Å²) in [6, 6.07) is 9.52. The molecule has 1 amide bonds. The Hall–Kier alpha value is -2.20. The van der Waals surface area contributed by atoms with E-state index in [4.69, 9.17) is 0 Å². The second-order valence-corrected chi connectivity index (χ2v) is 4.88. The van der Waals surface area contributed by atoms with E-state index in [0.29, 0.717) is 12.1 Å². The Kier molecular flexibility index (Phi) is 3.74. The first-order valence-corrected chi connectivity index (χ1v) is 6.85. The van der Waals surface area contributed by atoms with E-state index in [9.17, 15) is 4.79 Å². The highest BCUT2D eigenvalue weighted by molar-refractivity contribution is 6.05. The Morgan fingerprint density at radius 1 is 1.30 bits per heavy atom. The molecule has 2 N–H and O–H groups in total. The first kappa shape index (κ1) is 12.8. The molecule has 1 aromatic carbocycles. The predicted octanol–water partition coefficient (Wildman–Crippen LogP) is 1.88. The van der Waals surface area contributed by atoms with Gasteiger partial charge < -0.3 is 10.6 Å². The molecular formula is C16H17N3O. The van der Waals surface area contributed by atoms with Crippen molar-refractivity contribution in [2.24, 2.45) is 0 Å². The number of hydrogen-bond acceptors (Lipinski definition) is 3. The zero-order valence-electron chi connectivity index (χ0n) is 11.2. The van der Waals surface area contributed by atoms with Crippen LogP contribution in [0, 0.1) is 0 Å². The van der Waals surface area contributed by atoms with Crippen molar-refractivity contribution in [3.05, 3.63) is 53.7 Å². The number of nitrogens with zero attached hydrogens (tertiary/aromatic N) is 1. The minimum absolute atomic E-state index is 0.0614. The molecule has 0 atom stereocenters. The maximum atomic E-state index is 12.3. The third kappa shape index (κ3) is 2.70. The second kappa shape index (κ2) is 5.84. The monoisotopic (exact) mass is 267 g/mol. The van der Waals surface area contributed by atoms with E-state index in [2.05, 4.69) is 21.7 Å². The number of para-hydroxylation sites is 1. The van der Waals surface area contributed by atoms with Gasteiger partial charge in [-0.1, -0.05) is 29.8 Å². The van der Waals surface area contributed by atoms with E-state index in [0.717, 1.165) is 30.4 Å². The summed E-state index contributed by atoms with van der Waals surface area (Å²) in [5.41, 5.74) is 2.68. The third-order valence-corrected chi connectivity index (χ3v) is 3.51. The smallest absolute Gasteiger partial charge is 0.253 e. The van der Waals surface area contributed by atoms with E-state index in [-0.39, 0.29) is 5.91 Å². The molecule has 1 aliphatic rings. The molecule has 0 bridgehead atoms. The first-order chi connectivity index (χ1) is 9.84. The number of carbonyl (C=O) groups excluding carboxylic acids is 1. The Morgan fingerprint density at radius 2 is 2.20 bits per heavy atom. The Labute approximate surface area is 117 Å². The molecule has 0 fully saturated rings. The van der Waals surface area contributed by atoms with Crippen molar-refractivity contribution in [3.8, 4) is 0 Å². The summed E-state index contributed by atoms with van der Waals surface area (Å²) in [5.74, 6) is -0.0614. The summed E-state index contributed by atoms with van der Waals surface area (Å²) < 4.78 is 0. The largest absolute Gasteiger partial charge is 0.348 e. The maximum absolute atomic E-state index is 12.3. The van der Waals surface area contributed by atoms with Crippen LogP contribution in [-0.4, -0.2) is 30.5 Å². The molecule has 4 nitrogen and oxygen atoms in total. The molecule has 1 aliphatic heterocycles. The normalized spacial score (nSPS) is 14.9. The van der Waals surface area contributed by atoms with Gasteiger partial charge in [0.1, 0.15) is 0 Å². The fourth-order valence-electron chi connectivity index (χ4n) is 2.41. The van der Waals surface area contributed by atoms with Crippen LogP contribution in [0.5, 0.6) is 0 Å². The van der Waals surface area contributed by atoms with Crippen LogP contribution in [0.15, 0.2) is 48.2 Å². The summed E-state index contributed by atoms with van der Waals surface area (Å²) in [5, 5.41) is 7.23. The van der Waals surface area contributed by atoms with Crippen molar-refractivity contribution in [3.63, 3.8) is 0 Å². The SMILES string of the molecule is O=C(NCC1=CCNCC1)c1cccc2cccnc12. The molecule has 0 saturated carbocycles. The number of carbonyl (C=O) groups is 1. The molecule has 2 heterocycles. The lowest BCUT2D eigenvalue weighted by Gasteiger charge is -2.14. The number of rotatable bonds is 3. The third-order valence-electron chi connectivity index (χ3n) is 3.51. The van der Waals surface area contributed by atoms with Crippen LogP contribution < -0.4 is 10.6 Å². The Bertz CT molecular complexity index is 658. The average Bonchev–Trinajstić information content (AvgIpc) is 2.53. The van der Waals surface area contributed by atoms with Crippen LogP contribution in [0.3, 0.4) is 0 Å². The fourth-order valence-corrected chi connectivity index (χ4v) is 2.41. The molecule has 0 saturated heterocycles. The molecule has 0 unspecified atom stereocenters. The van der Waals surface area contributed by atoms with Gasteiger partial charge in [0.2, 0.25) is 0 Å². The zero-order valence-corrected chi connectivity index (χ0v) is 11.2. The Balaban J connectivity index is 1.77. The van der Waals surface area contributed by atoms with Gasteiger partial charge in [-0.05, 0) is 25.1 Å². The van der Waals surface area contributed by atoms with Gasteiger partial charge in [-0.15, -0.1) is 0 Å². The number of pyridine rings is 1. The van der Waals surface area contributed by atoms with E-state index < -0.39 is 0 Å². The average molecular weight is 267 g/mol. The number of hydrogen-bond donors (Lipinski definition) is 2. The molecule has 4 heteroatoms. The van der Waals surface area contributed by atoms with Crippen molar-refractivity contribution < 1.29 is 4.79 Å². The lowest BCUT2D eigenvalue weighted by atomic mass is 10.1. The van der Waals surface area contributed by atoms with Crippen LogP contribution in [0.1, 0.15) is 16.8 Å². The van der Waals surface area contributed by atoms with Gasteiger partial charge in [-0.25, -0.2) is 0 Å². The topological polar surface area (TPSA) is 54.0 Å². The molecular weight excluding hydrogens is 250 g/mol. The van der Waals surface area contributed by atoms with Gasteiger partial charge in [0, 0.05) is 24.7 Å². The Morgan fingerprint density at radius 3 is 3.05 bits per heavy atom. The minimum Gasteiger partial charge on any atom is -0.348 e. The summed E-state index contributed by atoms with van der Waals surface area (Å²) in [7, 11) is 0. The molecule has 1 aromatic heterocycles. The molecule has 3 rings (SSSR count). The molecule has 0 spiro atoms. The molecule has 20 heavy (non-hydrogen) atoms. The molecule has 2 aromatic rings. The quantitative estimate of drug-likeness (QED) is 0.835. The molecule has 0 radical (unpaired) electrons. The lowest BCUT2D eigenvalue weighted by Crippen LogP contribution is -2.29. The van der Waals surface area contributed by atoms with Crippen LogP contribution in [0.2, 0.25) is 0 Å². The minimum atomic E-state index is -0.0614. The van der Waals surface area contributed by atoms with Crippen LogP contribution in [-0.2, 0) is 0 Å². The highest BCUT2D eigenvalue weighted by Crippen LogP contribution is 2.15. The summed E-state index contributed by atoms with van der Waals surface area (Å²) in [6.45, 7) is 2.49. The molecule has 0 aliphatic carbocycles. The lowest BCUT2D eigenvalue weighted by molar-refractivity contribution is 0.0958. The van der Waals surface area contributed by atoms with Crippen molar-refractivity contribution in [2.75, 3.05) is 19.6 Å². The number of amides is 1. The summed E-state index contributed by atoms with van der Waals surface area (Å²) >= 11 is 0. The number of benzene rings is 1. The first-order valence-electron chi connectivity index (χ1n) is 6.85. The predicted molar refractivity (Wildman–Crippen MR) is 79.6 cm³/mol. The second-order valence-electron chi connectivity index (χ2n) is 4.88. The number of nitrogens with one attached hydrogen (secondary N) is 2. The summed E-state index contributed by atoms with van der Waals surface area (Å²) in [4.78, 5) is 16.6. The van der Waals surface area contributed by atoms with E-state index >= 15 is 0 Å².